The number of rotatable bonds is 3. The Morgan fingerprint density at radius 2 is 1.64 bits per heavy atom. The maximum Gasteiger partial charge on any atom is 0.251 e. The van der Waals surface area contributed by atoms with Crippen LogP contribution in [0.2, 0.25) is 0 Å². The molecule has 0 unspecified atom stereocenters. The molecule has 0 radical (unpaired) electrons. The van der Waals surface area contributed by atoms with Crippen molar-refractivity contribution in [3.05, 3.63) is 0 Å². The van der Waals surface area contributed by atoms with E-state index in [4.69, 9.17) is 10.5 Å². The quantitative estimate of drug-likeness (QED) is 0.833. The van der Waals surface area contributed by atoms with Crippen LogP contribution in [0.1, 0.15) is 38.5 Å². The third-order valence-electron chi connectivity index (χ3n) is 5.08. The molecule has 0 aromatic rings. The lowest BCUT2D eigenvalue weighted by Gasteiger charge is -2.37. The fourth-order valence-corrected chi connectivity index (χ4v) is 3.82. The van der Waals surface area contributed by atoms with Gasteiger partial charge in [-0.15, -0.1) is 24.8 Å². The Labute approximate surface area is 145 Å². The predicted molar refractivity (Wildman–Crippen MR) is 91.9 cm³/mol. The molecule has 7 heteroatoms. The Bertz CT molecular complexity index is 346. The lowest BCUT2D eigenvalue weighted by Crippen LogP contribution is -2.48. The summed E-state index contributed by atoms with van der Waals surface area (Å²) in [5.41, 5.74) is 5.61. The molecule has 3 heterocycles. The second-order valence-corrected chi connectivity index (χ2v) is 6.36. The van der Waals surface area contributed by atoms with Gasteiger partial charge in [-0.3, -0.25) is 4.79 Å². The number of nitrogens with zero attached hydrogens (tertiary/aromatic N) is 2. The molecule has 3 aliphatic heterocycles. The largest absolute Gasteiger partial charge is 0.364 e. The summed E-state index contributed by atoms with van der Waals surface area (Å²) < 4.78 is 5.73. The molecule has 3 fully saturated rings. The van der Waals surface area contributed by atoms with Crippen LogP contribution in [-0.4, -0.2) is 66.7 Å². The van der Waals surface area contributed by atoms with Gasteiger partial charge in [0.15, 0.2) is 0 Å². The monoisotopic (exact) mass is 353 g/mol. The standard InChI is InChI=1S/C15H27N3O2.2ClH/c16-11-13-3-4-14(20-13)15(19)18-9-5-12(6-10-18)17-7-1-2-8-17;;/h12-14H,1-11,16H2;2*1H/t13-,14+;;/m1../s1. The smallest absolute Gasteiger partial charge is 0.251 e. The van der Waals surface area contributed by atoms with E-state index < -0.39 is 0 Å². The number of hydrogen-bond donors (Lipinski definition) is 1. The van der Waals surface area contributed by atoms with Crippen molar-refractivity contribution in [1.82, 2.24) is 9.80 Å². The van der Waals surface area contributed by atoms with Crippen molar-refractivity contribution in [2.75, 3.05) is 32.7 Å². The summed E-state index contributed by atoms with van der Waals surface area (Å²) in [6.07, 6.45) is 6.56. The van der Waals surface area contributed by atoms with Crippen LogP contribution in [0.15, 0.2) is 0 Å². The van der Waals surface area contributed by atoms with Gasteiger partial charge in [0.25, 0.3) is 5.91 Å². The van der Waals surface area contributed by atoms with Crippen molar-refractivity contribution in [2.45, 2.75) is 56.8 Å². The van der Waals surface area contributed by atoms with E-state index in [1.54, 1.807) is 0 Å². The van der Waals surface area contributed by atoms with Gasteiger partial charge in [0.05, 0.1) is 6.10 Å². The molecule has 3 rings (SSSR count). The Morgan fingerprint density at radius 3 is 2.18 bits per heavy atom. The zero-order valence-electron chi connectivity index (χ0n) is 13.1. The normalized spacial score (nSPS) is 30.0. The minimum atomic E-state index is -0.230. The number of halogens is 2. The number of hydrogen-bond acceptors (Lipinski definition) is 4. The van der Waals surface area contributed by atoms with Crippen LogP contribution in [0.5, 0.6) is 0 Å². The number of carbonyl (C=O) groups is 1. The minimum absolute atomic E-state index is 0. The van der Waals surface area contributed by atoms with Crippen LogP contribution < -0.4 is 5.73 Å². The summed E-state index contributed by atoms with van der Waals surface area (Å²) in [5, 5.41) is 0. The van der Waals surface area contributed by atoms with Gasteiger partial charge in [0.1, 0.15) is 6.10 Å². The van der Waals surface area contributed by atoms with Gasteiger partial charge in [-0.2, -0.15) is 0 Å². The topological polar surface area (TPSA) is 58.8 Å². The SMILES string of the molecule is Cl.Cl.NC[C@H]1CC[C@@H](C(=O)N2CCC(N3CCCC3)CC2)O1. The molecule has 0 bridgehead atoms. The number of likely N-dealkylation sites (tertiary alicyclic amines) is 2. The highest BCUT2D eigenvalue weighted by molar-refractivity contribution is 5.85. The van der Waals surface area contributed by atoms with Crippen LogP contribution in [-0.2, 0) is 9.53 Å². The van der Waals surface area contributed by atoms with Gasteiger partial charge in [-0.1, -0.05) is 0 Å². The molecule has 3 saturated heterocycles. The molecule has 2 atom stereocenters. The van der Waals surface area contributed by atoms with E-state index in [9.17, 15) is 4.79 Å². The zero-order chi connectivity index (χ0) is 13.9. The highest BCUT2D eigenvalue weighted by Crippen LogP contribution is 2.25. The minimum Gasteiger partial charge on any atom is -0.364 e. The van der Waals surface area contributed by atoms with E-state index in [-0.39, 0.29) is 42.9 Å². The van der Waals surface area contributed by atoms with Crippen LogP contribution in [0, 0.1) is 0 Å². The van der Waals surface area contributed by atoms with Crippen LogP contribution in [0.3, 0.4) is 0 Å². The number of carbonyl (C=O) groups excluding carboxylic acids is 1. The number of ether oxygens (including phenoxy) is 1. The van der Waals surface area contributed by atoms with E-state index in [0.29, 0.717) is 12.6 Å². The highest BCUT2D eigenvalue weighted by Gasteiger charge is 2.35. The van der Waals surface area contributed by atoms with Crippen LogP contribution >= 0.6 is 24.8 Å². The summed E-state index contributed by atoms with van der Waals surface area (Å²) in [5.74, 6) is 0.195. The maximum atomic E-state index is 12.4. The predicted octanol–water partition coefficient (Wildman–Crippen LogP) is 1.42. The van der Waals surface area contributed by atoms with E-state index in [2.05, 4.69) is 4.90 Å². The fourth-order valence-electron chi connectivity index (χ4n) is 3.82. The average Bonchev–Trinajstić information content (AvgIpc) is 3.18. The molecule has 0 spiro atoms. The molecule has 2 N–H and O–H groups in total. The summed E-state index contributed by atoms with van der Waals surface area (Å²) in [4.78, 5) is 17.1. The molecule has 22 heavy (non-hydrogen) atoms. The van der Waals surface area contributed by atoms with Crippen molar-refractivity contribution >= 4 is 30.7 Å². The first-order valence-corrected chi connectivity index (χ1v) is 8.16. The Kier molecular flexibility index (Phi) is 8.43. The third kappa shape index (κ3) is 4.48. The molecule has 0 saturated carbocycles. The van der Waals surface area contributed by atoms with Crippen LogP contribution in [0.25, 0.3) is 0 Å². The summed E-state index contributed by atoms with van der Waals surface area (Å²) in [7, 11) is 0. The van der Waals surface area contributed by atoms with Crippen LogP contribution in [0.4, 0.5) is 0 Å². The number of amides is 1. The molecular formula is C15H29Cl2N3O2. The molecule has 0 aromatic carbocycles. The second kappa shape index (κ2) is 9.28. The molecule has 1 amide bonds. The molecule has 0 aliphatic carbocycles. The van der Waals surface area contributed by atoms with Gasteiger partial charge < -0.3 is 20.3 Å². The summed E-state index contributed by atoms with van der Waals surface area (Å²) >= 11 is 0. The van der Waals surface area contributed by atoms with E-state index >= 15 is 0 Å². The van der Waals surface area contributed by atoms with Gasteiger partial charge in [-0.05, 0) is 51.6 Å². The molecule has 3 aliphatic rings. The Morgan fingerprint density at radius 1 is 1.00 bits per heavy atom. The lowest BCUT2D eigenvalue weighted by molar-refractivity contribution is -0.144. The highest BCUT2D eigenvalue weighted by atomic mass is 35.5. The van der Waals surface area contributed by atoms with Gasteiger partial charge in [0.2, 0.25) is 0 Å². The van der Waals surface area contributed by atoms with Gasteiger partial charge in [0, 0.05) is 25.7 Å². The lowest BCUT2D eigenvalue weighted by atomic mass is 10.0. The maximum absolute atomic E-state index is 12.4. The van der Waals surface area contributed by atoms with Crippen molar-refractivity contribution in [3.63, 3.8) is 0 Å². The fraction of sp³-hybridized carbons (Fsp3) is 0.933. The van der Waals surface area contributed by atoms with Gasteiger partial charge >= 0.3 is 0 Å². The van der Waals surface area contributed by atoms with Crippen molar-refractivity contribution in [1.29, 1.82) is 0 Å². The number of piperidine rings is 1. The van der Waals surface area contributed by atoms with E-state index in [0.717, 1.165) is 38.8 Å². The first-order chi connectivity index (χ1) is 9.78. The second-order valence-electron chi connectivity index (χ2n) is 6.36. The van der Waals surface area contributed by atoms with Gasteiger partial charge in [-0.25, -0.2) is 0 Å². The van der Waals surface area contributed by atoms with Crippen molar-refractivity contribution in [3.8, 4) is 0 Å². The molecular weight excluding hydrogens is 325 g/mol. The van der Waals surface area contributed by atoms with Crippen molar-refractivity contribution in [2.24, 2.45) is 5.73 Å². The third-order valence-corrected chi connectivity index (χ3v) is 5.08. The molecule has 5 nitrogen and oxygen atoms in total. The molecule has 130 valence electrons. The summed E-state index contributed by atoms with van der Waals surface area (Å²) in [6.45, 7) is 4.83. The molecule has 0 aromatic heterocycles. The first kappa shape index (κ1) is 20.0. The van der Waals surface area contributed by atoms with Crippen molar-refractivity contribution < 1.29 is 9.53 Å². The Balaban J connectivity index is 0.00000121. The number of nitrogens with two attached hydrogens (primary N) is 1. The summed E-state index contributed by atoms with van der Waals surface area (Å²) in [6, 6.07) is 0.697. The Hall–Kier alpha value is -0.0700. The van der Waals surface area contributed by atoms with E-state index in [1.165, 1.54) is 25.9 Å². The zero-order valence-corrected chi connectivity index (χ0v) is 14.7. The first-order valence-electron chi connectivity index (χ1n) is 8.16. The van der Waals surface area contributed by atoms with E-state index in [1.807, 2.05) is 4.90 Å². The average molecular weight is 354 g/mol.